The average Bonchev–Trinajstić information content (AvgIpc) is 2.50. The molecule has 1 aromatic heterocycles. The van der Waals surface area contributed by atoms with Gasteiger partial charge in [-0.3, -0.25) is 19.5 Å². The summed E-state index contributed by atoms with van der Waals surface area (Å²) in [5.41, 5.74) is -0.195. The molecule has 14 heavy (non-hydrogen) atoms. The van der Waals surface area contributed by atoms with E-state index in [1.807, 2.05) is 0 Å². The maximum absolute atomic E-state index is 11.3. The van der Waals surface area contributed by atoms with Crippen molar-refractivity contribution in [3.8, 4) is 0 Å². The number of rotatable bonds is 1. The molecule has 0 radical (unpaired) electrons. The summed E-state index contributed by atoms with van der Waals surface area (Å²) in [5, 5.41) is 10.7. The first-order chi connectivity index (χ1) is 6.61. The Hall–Kier alpha value is -1.85. The van der Waals surface area contributed by atoms with Crippen LogP contribution in [0.3, 0.4) is 0 Å². The van der Waals surface area contributed by atoms with Crippen molar-refractivity contribution in [3.63, 3.8) is 0 Å². The molecule has 0 aliphatic carbocycles. The number of nitrogens with zero attached hydrogens (tertiary/aromatic N) is 3. The van der Waals surface area contributed by atoms with Crippen molar-refractivity contribution >= 4 is 11.5 Å². The normalized spacial score (nSPS) is 14.2. The zero-order valence-electron chi connectivity index (χ0n) is 7.64. The van der Waals surface area contributed by atoms with Crippen molar-refractivity contribution in [3.05, 3.63) is 32.6 Å². The minimum Gasteiger partial charge on any atom is -0.353 e. The molecule has 0 aromatic carbocycles. The third kappa shape index (κ3) is 1.07. The molecule has 0 atom stereocenters. The summed E-state index contributed by atoms with van der Waals surface area (Å²) in [6.45, 7) is 1.16. The fourth-order valence-electron chi connectivity index (χ4n) is 1.67. The monoisotopic (exact) mass is 195 g/mol. The summed E-state index contributed by atoms with van der Waals surface area (Å²) < 4.78 is 1.43. The third-order valence-corrected chi connectivity index (χ3v) is 2.35. The van der Waals surface area contributed by atoms with E-state index in [0.717, 1.165) is 0 Å². The molecule has 0 amide bonds. The molecule has 1 aliphatic rings. The van der Waals surface area contributed by atoms with Crippen LogP contribution in [-0.4, -0.2) is 23.1 Å². The lowest BCUT2D eigenvalue weighted by atomic mass is 10.4. The second-order valence-corrected chi connectivity index (χ2v) is 3.21. The van der Waals surface area contributed by atoms with Crippen molar-refractivity contribution in [2.75, 3.05) is 18.5 Å². The lowest BCUT2D eigenvalue weighted by molar-refractivity contribution is -0.384. The van der Waals surface area contributed by atoms with Gasteiger partial charge in [0.2, 0.25) is 0 Å². The number of pyridine rings is 1. The number of fused-ring (bicyclic) bond motifs is 1. The van der Waals surface area contributed by atoms with Crippen molar-refractivity contribution in [2.24, 2.45) is 0 Å². The van der Waals surface area contributed by atoms with E-state index in [4.69, 9.17) is 0 Å². The molecule has 6 nitrogen and oxygen atoms in total. The van der Waals surface area contributed by atoms with E-state index in [-0.39, 0.29) is 11.2 Å². The third-order valence-electron chi connectivity index (χ3n) is 2.35. The van der Waals surface area contributed by atoms with Crippen LogP contribution in [-0.2, 0) is 6.54 Å². The van der Waals surface area contributed by atoms with Gasteiger partial charge < -0.3 is 4.90 Å². The van der Waals surface area contributed by atoms with Gasteiger partial charge in [-0.25, -0.2) is 0 Å². The van der Waals surface area contributed by atoms with E-state index in [9.17, 15) is 14.9 Å². The largest absolute Gasteiger partial charge is 0.353 e. The van der Waals surface area contributed by atoms with Crippen LogP contribution in [0.15, 0.2) is 16.9 Å². The van der Waals surface area contributed by atoms with Gasteiger partial charge in [0, 0.05) is 32.3 Å². The van der Waals surface area contributed by atoms with E-state index >= 15 is 0 Å². The molecular formula is C8H9N3O3. The van der Waals surface area contributed by atoms with Gasteiger partial charge in [0.15, 0.2) is 5.82 Å². The number of aromatic nitrogens is 1. The number of hydrogen-bond acceptors (Lipinski definition) is 4. The molecule has 0 N–H and O–H groups in total. The molecule has 2 heterocycles. The van der Waals surface area contributed by atoms with E-state index in [1.54, 1.807) is 11.9 Å². The molecule has 1 aliphatic heterocycles. The van der Waals surface area contributed by atoms with Crippen molar-refractivity contribution < 1.29 is 4.92 Å². The Morgan fingerprint density at radius 3 is 2.79 bits per heavy atom. The van der Waals surface area contributed by atoms with Crippen molar-refractivity contribution in [2.45, 2.75) is 6.54 Å². The zero-order chi connectivity index (χ0) is 10.3. The summed E-state index contributed by atoms with van der Waals surface area (Å²) in [4.78, 5) is 23.3. The predicted molar refractivity (Wildman–Crippen MR) is 50.6 cm³/mol. The minimum absolute atomic E-state index is 0.00963. The Balaban J connectivity index is 2.72. The van der Waals surface area contributed by atoms with Gasteiger partial charge in [-0.1, -0.05) is 0 Å². The Bertz CT molecular complexity index is 452. The molecule has 2 rings (SSSR count). The van der Waals surface area contributed by atoms with Crippen molar-refractivity contribution in [1.82, 2.24) is 4.57 Å². The number of nitro groups is 1. The summed E-state index contributed by atoms with van der Waals surface area (Å²) in [6, 6.07) is 2.50. The summed E-state index contributed by atoms with van der Waals surface area (Å²) in [5.74, 6) is 0.405. The van der Waals surface area contributed by atoms with Crippen LogP contribution in [0.5, 0.6) is 0 Å². The van der Waals surface area contributed by atoms with Crippen LogP contribution in [0.2, 0.25) is 0 Å². The highest BCUT2D eigenvalue weighted by Gasteiger charge is 2.26. The fraction of sp³-hybridized carbons (Fsp3) is 0.375. The number of likely N-dealkylation sites (N-methyl/N-ethyl adjacent to an activating group) is 1. The van der Waals surface area contributed by atoms with Gasteiger partial charge in [-0.2, -0.15) is 0 Å². The van der Waals surface area contributed by atoms with Crippen molar-refractivity contribution in [1.29, 1.82) is 0 Å². The summed E-state index contributed by atoms with van der Waals surface area (Å²) in [6.07, 6.45) is 0. The lowest BCUT2D eigenvalue weighted by Crippen LogP contribution is -2.18. The Morgan fingerprint density at radius 1 is 1.43 bits per heavy atom. The van der Waals surface area contributed by atoms with Crippen LogP contribution in [0, 0.1) is 10.1 Å². The molecule has 0 saturated carbocycles. The Kier molecular flexibility index (Phi) is 1.77. The highest BCUT2D eigenvalue weighted by molar-refractivity contribution is 5.59. The molecule has 74 valence electrons. The first kappa shape index (κ1) is 8.74. The molecule has 0 fully saturated rings. The molecular weight excluding hydrogens is 186 g/mol. The maximum atomic E-state index is 11.3. The zero-order valence-corrected chi connectivity index (χ0v) is 7.64. The fourth-order valence-corrected chi connectivity index (χ4v) is 1.67. The quantitative estimate of drug-likeness (QED) is 0.474. The maximum Gasteiger partial charge on any atom is 0.310 e. The van der Waals surface area contributed by atoms with Crippen LogP contribution in [0.4, 0.5) is 11.5 Å². The smallest absolute Gasteiger partial charge is 0.310 e. The van der Waals surface area contributed by atoms with Crippen LogP contribution >= 0.6 is 0 Å². The van der Waals surface area contributed by atoms with Gasteiger partial charge in [-0.15, -0.1) is 0 Å². The van der Waals surface area contributed by atoms with Gasteiger partial charge in [-0.05, 0) is 0 Å². The Morgan fingerprint density at radius 2 is 2.14 bits per heavy atom. The topological polar surface area (TPSA) is 68.4 Å². The van der Waals surface area contributed by atoms with Gasteiger partial charge in [0.05, 0.1) is 4.92 Å². The predicted octanol–water partition coefficient (Wildman–Crippen LogP) is 0.206. The molecule has 0 saturated heterocycles. The highest BCUT2D eigenvalue weighted by atomic mass is 16.6. The van der Waals surface area contributed by atoms with Gasteiger partial charge in [0.25, 0.3) is 5.56 Å². The van der Waals surface area contributed by atoms with Crippen LogP contribution < -0.4 is 10.5 Å². The molecule has 1 aromatic rings. The average molecular weight is 195 g/mol. The van der Waals surface area contributed by atoms with Crippen LogP contribution in [0.25, 0.3) is 0 Å². The molecule has 0 spiro atoms. The lowest BCUT2D eigenvalue weighted by Gasteiger charge is -2.10. The summed E-state index contributed by atoms with van der Waals surface area (Å²) in [7, 11) is 1.74. The molecule has 0 bridgehead atoms. The standard InChI is InChI=1S/C8H9N3O3/c1-9-4-5-10-7(12)3-2-6(8(9)10)11(13)14/h2-3H,4-5H2,1H3. The Labute approximate surface area is 79.5 Å². The number of anilines is 1. The summed E-state index contributed by atoms with van der Waals surface area (Å²) >= 11 is 0. The minimum atomic E-state index is -0.465. The molecule has 6 heteroatoms. The van der Waals surface area contributed by atoms with E-state index in [0.29, 0.717) is 18.9 Å². The van der Waals surface area contributed by atoms with Crippen LogP contribution in [0.1, 0.15) is 0 Å². The van der Waals surface area contributed by atoms with Gasteiger partial charge in [0.1, 0.15) is 0 Å². The van der Waals surface area contributed by atoms with Gasteiger partial charge >= 0.3 is 5.69 Å². The van der Waals surface area contributed by atoms with E-state index in [1.165, 1.54) is 16.7 Å². The van der Waals surface area contributed by atoms with E-state index < -0.39 is 4.92 Å². The number of hydrogen-bond donors (Lipinski definition) is 0. The second-order valence-electron chi connectivity index (χ2n) is 3.21. The first-order valence-corrected chi connectivity index (χ1v) is 4.20. The highest BCUT2D eigenvalue weighted by Crippen LogP contribution is 2.28. The first-order valence-electron chi connectivity index (χ1n) is 4.20. The molecule has 0 unspecified atom stereocenters. The second kappa shape index (κ2) is 2.83. The van der Waals surface area contributed by atoms with E-state index in [2.05, 4.69) is 0 Å². The SMILES string of the molecule is CN1CCn2c1c([N+](=O)[O-])ccc2=O.